The van der Waals surface area contributed by atoms with Crippen molar-refractivity contribution in [2.75, 3.05) is 27.0 Å². The number of oxazole rings is 1. The summed E-state index contributed by atoms with van der Waals surface area (Å²) in [6, 6.07) is 15.2. The topological polar surface area (TPSA) is 73.6 Å². The van der Waals surface area contributed by atoms with Crippen LogP contribution < -0.4 is 14.8 Å². The molecule has 6 nitrogen and oxygen atoms in total. The Morgan fingerprint density at radius 2 is 1.56 bits per heavy atom. The molecule has 0 spiro atoms. The molecule has 0 aliphatic rings. The fourth-order valence-electron chi connectivity index (χ4n) is 2.44. The average Bonchev–Trinajstić information content (AvgIpc) is 3.16. The normalized spacial score (nSPS) is 10.5. The van der Waals surface area contributed by atoms with Crippen molar-refractivity contribution in [1.29, 1.82) is 0 Å². The quantitative estimate of drug-likeness (QED) is 0.624. The Kier molecular flexibility index (Phi) is 6.03. The summed E-state index contributed by atoms with van der Waals surface area (Å²) in [7, 11) is 4.85. The Bertz CT molecular complexity index is 840. The first-order valence-electron chi connectivity index (χ1n) is 8.27. The highest BCUT2D eigenvalue weighted by molar-refractivity contribution is 7.99. The van der Waals surface area contributed by atoms with Crippen LogP contribution >= 0.6 is 11.8 Å². The van der Waals surface area contributed by atoms with Gasteiger partial charge in [-0.15, -0.1) is 0 Å². The van der Waals surface area contributed by atoms with Crippen LogP contribution in [-0.2, 0) is 4.79 Å². The highest BCUT2D eigenvalue weighted by Gasteiger charge is 2.18. The molecular formula is C20H20N2O4S. The summed E-state index contributed by atoms with van der Waals surface area (Å²) in [6.07, 6.45) is 0. The largest absolute Gasteiger partial charge is 0.497 e. The number of carbonyl (C=O) groups is 1. The standard InChI is InChI=1S/C20H20N2O4S/c1-21-17(23)12-27-20-22-18(13-4-8-15(24-2)9-5-13)19(26-20)14-6-10-16(25-3)11-7-14/h4-11H,12H2,1-3H3,(H,21,23). The van der Waals surface area contributed by atoms with Gasteiger partial charge in [-0.25, -0.2) is 4.98 Å². The molecule has 1 amide bonds. The molecule has 0 atom stereocenters. The van der Waals surface area contributed by atoms with E-state index in [9.17, 15) is 4.79 Å². The zero-order chi connectivity index (χ0) is 19.2. The molecule has 0 aliphatic carbocycles. The molecule has 0 saturated carbocycles. The lowest BCUT2D eigenvalue weighted by atomic mass is 10.1. The second-order valence-corrected chi connectivity index (χ2v) is 6.50. The summed E-state index contributed by atoms with van der Waals surface area (Å²) < 4.78 is 16.4. The van der Waals surface area contributed by atoms with E-state index in [1.807, 2.05) is 48.5 Å². The summed E-state index contributed by atoms with van der Waals surface area (Å²) in [5, 5.41) is 3.03. The van der Waals surface area contributed by atoms with Crippen LogP contribution in [0.2, 0.25) is 0 Å². The van der Waals surface area contributed by atoms with Crippen LogP contribution in [0.3, 0.4) is 0 Å². The lowest BCUT2D eigenvalue weighted by Gasteiger charge is -2.04. The van der Waals surface area contributed by atoms with E-state index in [4.69, 9.17) is 13.9 Å². The Morgan fingerprint density at radius 1 is 1.00 bits per heavy atom. The number of hydrogen-bond acceptors (Lipinski definition) is 6. The van der Waals surface area contributed by atoms with Gasteiger partial charge in [0.15, 0.2) is 5.76 Å². The minimum Gasteiger partial charge on any atom is -0.497 e. The maximum absolute atomic E-state index is 11.5. The number of rotatable bonds is 7. The van der Waals surface area contributed by atoms with Gasteiger partial charge in [-0.1, -0.05) is 11.8 Å². The van der Waals surface area contributed by atoms with Crippen LogP contribution in [-0.4, -0.2) is 37.9 Å². The van der Waals surface area contributed by atoms with Crippen LogP contribution in [0.15, 0.2) is 58.2 Å². The van der Waals surface area contributed by atoms with E-state index >= 15 is 0 Å². The van der Waals surface area contributed by atoms with Gasteiger partial charge < -0.3 is 19.2 Å². The lowest BCUT2D eigenvalue weighted by Crippen LogP contribution is -2.19. The second-order valence-electron chi connectivity index (χ2n) is 5.58. The fraction of sp³-hybridized carbons (Fsp3) is 0.200. The van der Waals surface area contributed by atoms with Gasteiger partial charge in [-0.3, -0.25) is 4.79 Å². The molecular weight excluding hydrogens is 364 g/mol. The van der Waals surface area contributed by atoms with Crippen LogP contribution in [0.4, 0.5) is 0 Å². The van der Waals surface area contributed by atoms with Crippen LogP contribution in [0.5, 0.6) is 11.5 Å². The first-order valence-corrected chi connectivity index (χ1v) is 9.26. The van der Waals surface area contributed by atoms with E-state index in [0.717, 1.165) is 22.6 Å². The summed E-state index contributed by atoms with van der Waals surface area (Å²) in [4.78, 5) is 16.1. The van der Waals surface area contributed by atoms with E-state index in [1.54, 1.807) is 21.3 Å². The number of ether oxygens (including phenoxy) is 2. The van der Waals surface area contributed by atoms with Gasteiger partial charge >= 0.3 is 0 Å². The Hall–Kier alpha value is -2.93. The Balaban J connectivity index is 1.99. The number of aromatic nitrogens is 1. The first kappa shape index (κ1) is 18.8. The molecule has 0 fully saturated rings. The van der Waals surface area contributed by atoms with Crippen molar-refractivity contribution in [2.45, 2.75) is 5.22 Å². The third kappa shape index (κ3) is 4.43. The van der Waals surface area contributed by atoms with Crippen molar-refractivity contribution in [3.05, 3.63) is 48.5 Å². The molecule has 27 heavy (non-hydrogen) atoms. The average molecular weight is 384 g/mol. The highest BCUT2D eigenvalue weighted by atomic mass is 32.2. The minimum atomic E-state index is -0.0878. The molecule has 7 heteroatoms. The van der Waals surface area contributed by atoms with Crippen LogP contribution in [0, 0.1) is 0 Å². The van der Waals surface area contributed by atoms with Crippen molar-refractivity contribution in [2.24, 2.45) is 0 Å². The first-order chi connectivity index (χ1) is 13.1. The van der Waals surface area contributed by atoms with Crippen molar-refractivity contribution < 1.29 is 18.7 Å². The van der Waals surface area contributed by atoms with E-state index in [2.05, 4.69) is 10.3 Å². The molecule has 3 rings (SSSR count). The Morgan fingerprint density at radius 3 is 2.07 bits per heavy atom. The predicted octanol–water partition coefficient (Wildman–Crippen LogP) is 3.86. The van der Waals surface area contributed by atoms with Crippen LogP contribution in [0.1, 0.15) is 0 Å². The zero-order valence-corrected chi connectivity index (χ0v) is 16.1. The maximum Gasteiger partial charge on any atom is 0.257 e. The summed E-state index contributed by atoms with van der Waals surface area (Å²) in [5.74, 6) is 2.32. The maximum atomic E-state index is 11.5. The van der Waals surface area contributed by atoms with Gasteiger partial charge in [0.2, 0.25) is 5.91 Å². The Labute approximate surface area is 161 Å². The van der Waals surface area contributed by atoms with Crippen molar-refractivity contribution in [3.8, 4) is 34.1 Å². The third-order valence-electron chi connectivity index (χ3n) is 3.93. The summed E-state index contributed by atoms with van der Waals surface area (Å²) in [5.41, 5.74) is 2.49. The molecule has 3 aromatic rings. The summed E-state index contributed by atoms with van der Waals surface area (Å²) in [6.45, 7) is 0. The van der Waals surface area contributed by atoms with E-state index in [1.165, 1.54) is 11.8 Å². The van der Waals surface area contributed by atoms with Gasteiger partial charge in [-0.2, -0.15) is 0 Å². The minimum absolute atomic E-state index is 0.0878. The highest BCUT2D eigenvalue weighted by Crippen LogP contribution is 2.36. The number of nitrogens with zero attached hydrogens (tertiary/aromatic N) is 1. The molecule has 1 N–H and O–H groups in total. The van der Waals surface area contributed by atoms with Gasteiger partial charge in [0, 0.05) is 18.2 Å². The molecule has 0 unspecified atom stereocenters. The molecule has 140 valence electrons. The van der Waals surface area contributed by atoms with E-state index in [0.29, 0.717) is 16.7 Å². The number of carbonyl (C=O) groups excluding carboxylic acids is 1. The SMILES string of the molecule is CNC(=O)CSc1nc(-c2ccc(OC)cc2)c(-c2ccc(OC)cc2)o1. The van der Waals surface area contributed by atoms with Crippen molar-refractivity contribution in [3.63, 3.8) is 0 Å². The number of amides is 1. The lowest BCUT2D eigenvalue weighted by molar-refractivity contribution is -0.118. The van der Waals surface area contributed by atoms with E-state index < -0.39 is 0 Å². The fourth-order valence-corrected chi connectivity index (χ4v) is 3.14. The second kappa shape index (κ2) is 8.64. The molecule has 0 aliphatic heterocycles. The van der Waals surface area contributed by atoms with Gasteiger partial charge in [0.05, 0.1) is 20.0 Å². The van der Waals surface area contributed by atoms with Crippen molar-refractivity contribution in [1.82, 2.24) is 10.3 Å². The number of methoxy groups -OCH3 is 2. The molecule has 0 saturated heterocycles. The number of thioether (sulfide) groups is 1. The smallest absolute Gasteiger partial charge is 0.257 e. The molecule has 2 aromatic carbocycles. The molecule has 1 aromatic heterocycles. The number of hydrogen-bond donors (Lipinski definition) is 1. The number of nitrogens with one attached hydrogen (secondary N) is 1. The zero-order valence-electron chi connectivity index (χ0n) is 15.3. The van der Waals surface area contributed by atoms with E-state index in [-0.39, 0.29) is 11.7 Å². The number of benzene rings is 2. The monoisotopic (exact) mass is 384 g/mol. The third-order valence-corrected chi connectivity index (χ3v) is 4.76. The molecule has 1 heterocycles. The van der Waals surface area contributed by atoms with Gasteiger partial charge in [0.1, 0.15) is 17.2 Å². The molecule has 0 radical (unpaired) electrons. The summed E-state index contributed by atoms with van der Waals surface area (Å²) >= 11 is 1.25. The van der Waals surface area contributed by atoms with Crippen molar-refractivity contribution >= 4 is 17.7 Å². The van der Waals surface area contributed by atoms with Gasteiger partial charge in [-0.05, 0) is 48.5 Å². The molecule has 0 bridgehead atoms. The predicted molar refractivity (Wildman–Crippen MR) is 105 cm³/mol. The van der Waals surface area contributed by atoms with Gasteiger partial charge in [0.25, 0.3) is 5.22 Å². The van der Waals surface area contributed by atoms with Crippen LogP contribution in [0.25, 0.3) is 22.6 Å².